The maximum Gasteiger partial charge on any atom is 0.254 e. The number of amides is 1. The second kappa shape index (κ2) is 7.63. The van der Waals surface area contributed by atoms with Gasteiger partial charge in [0.2, 0.25) is 0 Å². The van der Waals surface area contributed by atoms with E-state index in [1.807, 2.05) is 13.0 Å². The number of hydrogen-bond acceptors (Lipinski definition) is 3. The Balaban J connectivity index is 1.73. The number of rotatable bonds is 6. The number of aryl methyl sites for hydroxylation is 1. The Morgan fingerprint density at radius 1 is 1.41 bits per heavy atom. The number of aromatic nitrogens is 2. The molecule has 1 amide bonds. The van der Waals surface area contributed by atoms with Crippen molar-refractivity contribution in [3.63, 3.8) is 0 Å². The number of ether oxygens (including phenoxy) is 1. The number of nitrogens with zero attached hydrogens (tertiary/aromatic N) is 2. The van der Waals surface area contributed by atoms with Gasteiger partial charge in [-0.1, -0.05) is 29.3 Å². The van der Waals surface area contributed by atoms with E-state index >= 15 is 0 Å². The lowest BCUT2D eigenvalue weighted by Crippen LogP contribution is -2.27. The standard InChI is InChI=1S/C15H17Cl2N3O2/c1-10-13(8-19-20(10)2)15(21)18-5-6-22-9-11-3-4-12(16)7-14(11)17/h3-4,7-8H,5-6,9H2,1-2H3,(H,18,21). The van der Waals surface area contributed by atoms with Crippen molar-refractivity contribution in [2.75, 3.05) is 13.2 Å². The number of benzene rings is 1. The topological polar surface area (TPSA) is 56.1 Å². The fraction of sp³-hybridized carbons (Fsp3) is 0.333. The van der Waals surface area contributed by atoms with E-state index in [1.54, 1.807) is 30.1 Å². The summed E-state index contributed by atoms with van der Waals surface area (Å²) in [7, 11) is 1.80. The highest BCUT2D eigenvalue weighted by molar-refractivity contribution is 6.35. The Bertz CT molecular complexity index is 671. The van der Waals surface area contributed by atoms with Gasteiger partial charge in [0.25, 0.3) is 5.91 Å². The second-order valence-electron chi connectivity index (χ2n) is 4.81. The molecule has 0 atom stereocenters. The van der Waals surface area contributed by atoms with Crippen molar-refractivity contribution in [1.82, 2.24) is 15.1 Å². The largest absolute Gasteiger partial charge is 0.375 e. The van der Waals surface area contributed by atoms with Crippen molar-refractivity contribution in [3.05, 3.63) is 51.3 Å². The fourth-order valence-electron chi connectivity index (χ4n) is 1.87. The normalized spacial score (nSPS) is 10.7. The van der Waals surface area contributed by atoms with Crippen LogP contribution in [-0.4, -0.2) is 28.8 Å². The SMILES string of the molecule is Cc1c(C(=O)NCCOCc2ccc(Cl)cc2Cl)cnn1C. The third-order valence-electron chi connectivity index (χ3n) is 3.28. The van der Waals surface area contributed by atoms with Crippen LogP contribution in [0.3, 0.4) is 0 Å². The Labute approximate surface area is 139 Å². The molecule has 0 aliphatic heterocycles. The van der Waals surface area contributed by atoms with Crippen LogP contribution in [0.1, 0.15) is 21.6 Å². The van der Waals surface area contributed by atoms with Gasteiger partial charge in [-0.15, -0.1) is 0 Å². The molecular formula is C15H17Cl2N3O2. The van der Waals surface area contributed by atoms with Gasteiger partial charge in [0.05, 0.1) is 25.0 Å². The van der Waals surface area contributed by atoms with Crippen LogP contribution in [0.15, 0.2) is 24.4 Å². The minimum absolute atomic E-state index is 0.154. The predicted octanol–water partition coefficient (Wildman–Crippen LogP) is 2.98. The summed E-state index contributed by atoms with van der Waals surface area (Å²) in [5.41, 5.74) is 2.26. The lowest BCUT2D eigenvalue weighted by molar-refractivity contribution is 0.0900. The lowest BCUT2D eigenvalue weighted by Gasteiger charge is -2.08. The Morgan fingerprint density at radius 3 is 2.82 bits per heavy atom. The van der Waals surface area contributed by atoms with E-state index < -0.39 is 0 Å². The fourth-order valence-corrected chi connectivity index (χ4v) is 2.34. The van der Waals surface area contributed by atoms with E-state index in [1.165, 1.54) is 0 Å². The van der Waals surface area contributed by atoms with E-state index in [9.17, 15) is 4.79 Å². The Hall–Kier alpha value is -1.56. The summed E-state index contributed by atoms with van der Waals surface area (Å²) in [6.45, 7) is 3.03. The van der Waals surface area contributed by atoms with Gasteiger partial charge in [-0.2, -0.15) is 5.10 Å². The number of carbonyl (C=O) groups excluding carboxylic acids is 1. The van der Waals surface area contributed by atoms with Gasteiger partial charge in [-0.25, -0.2) is 0 Å². The molecule has 7 heteroatoms. The highest BCUT2D eigenvalue weighted by atomic mass is 35.5. The van der Waals surface area contributed by atoms with Crippen LogP contribution in [0.4, 0.5) is 0 Å². The number of carbonyl (C=O) groups is 1. The summed E-state index contributed by atoms with van der Waals surface area (Å²) in [5, 5.41) is 7.99. The molecule has 0 aliphatic rings. The molecule has 2 rings (SSSR count). The molecule has 0 bridgehead atoms. The summed E-state index contributed by atoms with van der Waals surface area (Å²) in [4.78, 5) is 11.9. The molecule has 1 N–H and O–H groups in total. The molecule has 0 unspecified atom stereocenters. The van der Waals surface area contributed by atoms with Gasteiger partial charge in [-0.05, 0) is 24.6 Å². The van der Waals surface area contributed by atoms with Crippen LogP contribution in [0.2, 0.25) is 10.0 Å². The molecule has 0 fully saturated rings. The smallest absolute Gasteiger partial charge is 0.254 e. The van der Waals surface area contributed by atoms with E-state index in [4.69, 9.17) is 27.9 Å². The van der Waals surface area contributed by atoms with Gasteiger partial charge in [-0.3, -0.25) is 9.48 Å². The maximum atomic E-state index is 11.9. The molecule has 0 aliphatic carbocycles. The molecule has 22 heavy (non-hydrogen) atoms. The van der Waals surface area contributed by atoms with Crippen LogP contribution >= 0.6 is 23.2 Å². The van der Waals surface area contributed by atoms with E-state index in [0.29, 0.717) is 35.4 Å². The van der Waals surface area contributed by atoms with Gasteiger partial charge >= 0.3 is 0 Å². The number of nitrogens with one attached hydrogen (secondary N) is 1. The van der Waals surface area contributed by atoms with E-state index in [-0.39, 0.29) is 5.91 Å². The van der Waals surface area contributed by atoms with Gasteiger partial charge in [0.15, 0.2) is 0 Å². The summed E-state index contributed by atoms with van der Waals surface area (Å²) >= 11 is 11.9. The average molecular weight is 342 g/mol. The van der Waals surface area contributed by atoms with Crippen LogP contribution in [-0.2, 0) is 18.4 Å². The minimum atomic E-state index is -0.154. The summed E-state index contributed by atoms with van der Waals surface area (Å²) < 4.78 is 7.16. The molecule has 0 radical (unpaired) electrons. The van der Waals surface area contributed by atoms with Crippen molar-refractivity contribution < 1.29 is 9.53 Å². The van der Waals surface area contributed by atoms with Gasteiger partial charge in [0, 0.05) is 29.3 Å². The quantitative estimate of drug-likeness (QED) is 0.821. The first kappa shape index (κ1) is 16.8. The Kier molecular flexibility index (Phi) is 5.83. The first-order valence-electron chi connectivity index (χ1n) is 6.77. The predicted molar refractivity (Wildman–Crippen MR) is 86.4 cm³/mol. The number of halogens is 2. The molecule has 1 aromatic carbocycles. The monoisotopic (exact) mass is 341 g/mol. The van der Waals surface area contributed by atoms with E-state index in [0.717, 1.165) is 11.3 Å². The molecular weight excluding hydrogens is 325 g/mol. The zero-order chi connectivity index (χ0) is 16.1. The van der Waals surface area contributed by atoms with Crippen LogP contribution in [0, 0.1) is 6.92 Å². The maximum absolute atomic E-state index is 11.9. The molecule has 2 aromatic rings. The zero-order valence-corrected chi connectivity index (χ0v) is 13.9. The molecule has 0 saturated heterocycles. The molecule has 1 aromatic heterocycles. The molecule has 1 heterocycles. The van der Waals surface area contributed by atoms with Crippen LogP contribution in [0.5, 0.6) is 0 Å². The zero-order valence-electron chi connectivity index (χ0n) is 12.4. The summed E-state index contributed by atoms with van der Waals surface area (Å²) in [6, 6.07) is 5.26. The highest BCUT2D eigenvalue weighted by Crippen LogP contribution is 2.21. The molecule has 0 spiro atoms. The van der Waals surface area contributed by atoms with Crippen LogP contribution in [0.25, 0.3) is 0 Å². The third-order valence-corrected chi connectivity index (χ3v) is 3.87. The van der Waals surface area contributed by atoms with Crippen LogP contribution < -0.4 is 5.32 Å². The van der Waals surface area contributed by atoms with Crippen molar-refractivity contribution in [3.8, 4) is 0 Å². The highest BCUT2D eigenvalue weighted by Gasteiger charge is 2.11. The van der Waals surface area contributed by atoms with Gasteiger partial charge in [0.1, 0.15) is 0 Å². The summed E-state index contributed by atoms with van der Waals surface area (Å²) in [5.74, 6) is -0.154. The molecule has 118 valence electrons. The summed E-state index contributed by atoms with van der Waals surface area (Å²) in [6.07, 6.45) is 1.55. The van der Waals surface area contributed by atoms with E-state index in [2.05, 4.69) is 10.4 Å². The second-order valence-corrected chi connectivity index (χ2v) is 5.66. The lowest BCUT2D eigenvalue weighted by atomic mass is 10.2. The Morgan fingerprint density at radius 2 is 2.18 bits per heavy atom. The molecule has 0 saturated carbocycles. The van der Waals surface area contributed by atoms with Crippen molar-refractivity contribution in [2.45, 2.75) is 13.5 Å². The minimum Gasteiger partial charge on any atom is -0.375 e. The van der Waals surface area contributed by atoms with Crippen molar-refractivity contribution in [1.29, 1.82) is 0 Å². The van der Waals surface area contributed by atoms with Crippen molar-refractivity contribution in [2.24, 2.45) is 7.05 Å². The molecule has 5 nitrogen and oxygen atoms in total. The van der Waals surface area contributed by atoms with Crippen molar-refractivity contribution >= 4 is 29.1 Å². The third kappa shape index (κ3) is 4.22. The number of hydrogen-bond donors (Lipinski definition) is 1. The first-order chi connectivity index (χ1) is 10.5. The average Bonchev–Trinajstić information content (AvgIpc) is 2.80. The first-order valence-corrected chi connectivity index (χ1v) is 7.53. The van der Waals surface area contributed by atoms with Gasteiger partial charge < -0.3 is 10.1 Å².